The first-order chi connectivity index (χ1) is 11.3. The number of hydrogen-bond donors (Lipinski definition) is 1. The maximum absolute atomic E-state index is 12.2. The van der Waals surface area contributed by atoms with Crippen molar-refractivity contribution in [1.82, 2.24) is 19.4 Å². The second kappa shape index (κ2) is 7.37. The van der Waals surface area contributed by atoms with Gasteiger partial charge >= 0.3 is 0 Å². The number of anilines is 1. The van der Waals surface area contributed by atoms with Gasteiger partial charge in [0, 0.05) is 57.0 Å². The van der Waals surface area contributed by atoms with Gasteiger partial charge < -0.3 is 9.88 Å². The fourth-order valence-electron chi connectivity index (χ4n) is 2.97. The molecule has 23 heavy (non-hydrogen) atoms. The van der Waals surface area contributed by atoms with Crippen molar-refractivity contribution in [3.8, 4) is 0 Å². The minimum atomic E-state index is -0.0331. The molecule has 0 atom stereocenters. The van der Waals surface area contributed by atoms with E-state index in [0.717, 1.165) is 32.5 Å². The van der Waals surface area contributed by atoms with Gasteiger partial charge in [0.15, 0.2) is 5.82 Å². The van der Waals surface area contributed by atoms with Gasteiger partial charge in [0.25, 0.3) is 5.56 Å². The third kappa shape index (κ3) is 3.96. The molecule has 3 heterocycles. The summed E-state index contributed by atoms with van der Waals surface area (Å²) < 4.78 is 1.67. The van der Waals surface area contributed by atoms with E-state index >= 15 is 0 Å². The topological polar surface area (TPSA) is 63.1 Å². The van der Waals surface area contributed by atoms with Crippen LogP contribution in [0.5, 0.6) is 0 Å². The van der Waals surface area contributed by atoms with Crippen LogP contribution in [0.15, 0.2) is 41.7 Å². The number of hydrogen-bond acceptors (Lipinski definition) is 5. The Bertz CT molecular complexity index is 677. The number of aryl methyl sites for hydroxylation is 1. The van der Waals surface area contributed by atoms with Crippen molar-refractivity contribution < 1.29 is 0 Å². The third-order valence-electron chi connectivity index (χ3n) is 4.34. The molecule has 3 rings (SSSR count). The van der Waals surface area contributed by atoms with Gasteiger partial charge in [0.2, 0.25) is 0 Å². The number of nitrogens with one attached hydrogen (secondary N) is 1. The molecule has 2 aromatic rings. The standard InChI is InChI=1S/C17H23N5O/c1-2-22-12-9-19-16(17(22)23)20-15-5-10-21(11-6-15)13-14-3-7-18-8-4-14/h3-4,7-9,12,15H,2,5-6,10-11,13H2,1H3,(H,19,20). The van der Waals surface area contributed by atoms with Gasteiger partial charge in [-0.15, -0.1) is 0 Å². The Morgan fingerprint density at radius 1 is 1.22 bits per heavy atom. The molecular weight excluding hydrogens is 290 g/mol. The van der Waals surface area contributed by atoms with Crippen molar-refractivity contribution in [2.24, 2.45) is 0 Å². The van der Waals surface area contributed by atoms with Crippen molar-refractivity contribution in [3.05, 3.63) is 52.8 Å². The van der Waals surface area contributed by atoms with Crippen LogP contribution in [0.3, 0.4) is 0 Å². The zero-order valence-electron chi connectivity index (χ0n) is 13.5. The highest BCUT2D eigenvalue weighted by Gasteiger charge is 2.20. The molecule has 1 saturated heterocycles. The highest BCUT2D eigenvalue weighted by atomic mass is 16.1. The van der Waals surface area contributed by atoms with Gasteiger partial charge in [-0.1, -0.05) is 0 Å². The molecule has 0 bridgehead atoms. The van der Waals surface area contributed by atoms with Crippen LogP contribution < -0.4 is 10.9 Å². The average Bonchev–Trinajstić information content (AvgIpc) is 2.59. The van der Waals surface area contributed by atoms with Crippen LogP contribution in [-0.4, -0.2) is 38.6 Å². The van der Waals surface area contributed by atoms with E-state index in [1.165, 1.54) is 5.56 Å². The third-order valence-corrected chi connectivity index (χ3v) is 4.34. The van der Waals surface area contributed by atoms with Gasteiger partial charge in [-0.25, -0.2) is 4.98 Å². The Morgan fingerprint density at radius 2 is 1.96 bits per heavy atom. The molecule has 0 spiro atoms. The first-order valence-corrected chi connectivity index (χ1v) is 8.19. The number of rotatable bonds is 5. The number of aromatic nitrogens is 3. The summed E-state index contributed by atoms with van der Waals surface area (Å²) in [5.41, 5.74) is 1.26. The Hall–Kier alpha value is -2.21. The highest BCUT2D eigenvalue weighted by molar-refractivity contribution is 5.32. The summed E-state index contributed by atoms with van der Waals surface area (Å²) in [5.74, 6) is 0.474. The van der Waals surface area contributed by atoms with Crippen LogP contribution in [0.2, 0.25) is 0 Å². The lowest BCUT2D eigenvalue weighted by molar-refractivity contribution is 0.211. The minimum absolute atomic E-state index is 0.0331. The Morgan fingerprint density at radius 3 is 2.65 bits per heavy atom. The maximum Gasteiger partial charge on any atom is 0.293 e. The summed E-state index contributed by atoms with van der Waals surface area (Å²) in [6, 6.07) is 4.44. The molecule has 1 aliphatic heterocycles. The van der Waals surface area contributed by atoms with Gasteiger partial charge in [0.05, 0.1) is 0 Å². The molecule has 1 N–H and O–H groups in total. The van der Waals surface area contributed by atoms with E-state index in [0.29, 0.717) is 18.4 Å². The smallest absolute Gasteiger partial charge is 0.293 e. The van der Waals surface area contributed by atoms with Crippen molar-refractivity contribution in [1.29, 1.82) is 0 Å². The molecule has 1 aliphatic rings. The second-order valence-electron chi connectivity index (χ2n) is 5.92. The molecule has 6 nitrogen and oxygen atoms in total. The van der Waals surface area contributed by atoms with Gasteiger partial charge in [0.1, 0.15) is 0 Å². The lowest BCUT2D eigenvalue weighted by atomic mass is 10.0. The predicted octanol–water partition coefficient (Wildman–Crippen LogP) is 1.73. The molecule has 0 aliphatic carbocycles. The van der Waals surface area contributed by atoms with E-state index in [4.69, 9.17) is 0 Å². The van der Waals surface area contributed by atoms with Crippen molar-refractivity contribution in [3.63, 3.8) is 0 Å². The molecule has 6 heteroatoms. The lowest BCUT2D eigenvalue weighted by Crippen LogP contribution is -2.40. The molecule has 0 aromatic carbocycles. The molecule has 0 radical (unpaired) electrons. The van der Waals surface area contributed by atoms with Gasteiger partial charge in [-0.3, -0.25) is 14.7 Å². The Labute approximate surface area is 136 Å². The lowest BCUT2D eigenvalue weighted by Gasteiger charge is -2.32. The van der Waals surface area contributed by atoms with Crippen LogP contribution in [0, 0.1) is 0 Å². The molecule has 122 valence electrons. The van der Waals surface area contributed by atoms with E-state index in [-0.39, 0.29) is 5.56 Å². The van der Waals surface area contributed by atoms with Crippen molar-refractivity contribution in [2.75, 3.05) is 18.4 Å². The van der Waals surface area contributed by atoms with Crippen LogP contribution in [0.25, 0.3) is 0 Å². The van der Waals surface area contributed by atoms with E-state index in [1.807, 2.05) is 19.3 Å². The van der Waals surface area contributed by atoms with E-state index < -0.39 is 0 Å². The summed E-state index contributed by atoms with van der Waals surface area (Å²) in [6.45, 7) is 5.63. The van der Waals surface area contributed by atoms with E-state index in [1.54, 1.807) is 17.0 Å². The quantitative estimate of drug-likeness (QED) is 0.911. The highest BCUT2D eigenvalue weighted by Crippen LogP contribution is 2.15. The number of likely N-dealkylation sites (tertiary alicyclic amines) is 1. The zero-order chi connectivity index (χ0) is 16.1. The number of pyridine rings is 1. The fraction of sp³-hybridized carbons (Fsp3) is 0.471. The normalized spacial score (nSPS) is 16.4. The summed E-state index contributed by atoms with van der Waals surface area (Å²) in [7, 11) is 0. The predicted molar refractivity (Wildman–Crippen MR) is 90.3 cm³/mol. The van der Waals surface area contributed by atoms with Crippen molar-refractivity contribution in [2.45, 2.75) is 38.9 Å². The Balaban J connectivity index is 1.54. The van der Waals surface area contributed by atoms with E-state index in [2.05, 4.69) is 32.3 Å². The summed E-state index contributed by atoms with van der Waals surface area (Å²) in [6.07, 6.45) is 9.13. The van der Waals surface area contributed by atoms with Crippen LogP contribution in [0.1, 0.15) is 25.3 Å². The molecule has 1 fully saturated rings. The minimum Gasteiger partial charge on any atom is -0.363 e. The number of piperidine rings is 1. The van der Waals surface area contributed by atoms with Crippen LogP contribution in [-0.2, 0) is 13.1 Å². The van der Waals surface area contributed by atoms with E-state index in [9.17, 15) is 4.79 Å². The molecule has 2 aromatic heterocycles. The average molecular weight is 313 g/mol. The van der Waals surface area contributed by atoms with Crippen LogP contribution in [0.4, 0.5) is 5.82 Å². The Kier molecular flexibility index (Phi) is 5.02. The first-order valence-electron chi connectivity index (χ1n) is 8.19. The van der Waals surface area contributed by atoms with Gasteiger partial charge in [-0.2, -0.15) is 0 Å². The summed E-state index contributed by atoms with van der Waals surface area (Å²) in [4.78, 5) is 22.9. The molecule has 0 amide bonds. The van der Waals surface area contributed by atoms with Gasteiger partial charge in [-0.05, 0) is 37.5 Å². The maximum atomic E-state index is 12.2. The molecule has 0 saturated carbocycles. The number of nitrogens with zero attached hydrogens (tertiary/aromatic N) is 4. The summed E-state index contributed by atoms with van der Waals surface area (Å²) in [5, 5.41) is 3.33. The monoisotopic (exact) mass is 313 g/mol. The first kappa shape index (κ1) is 15.7. The second-order valence-corrected chi connectivity index (χ2v) is 5.92. The molecule has 0 unspecified atom stereocenters. The molecular formula is C17H23N5O. The largest absolute Gasteiger partial charge is 0.363 e. The fourth-order valence-corrected chi connectivity index (χ4v) is 2.97. The van der Waals surface area contributed by atoms with Crippen molar-refractivity contribution >= 4 is 5.82 Å². The summed E-state index contributed by atoms with van der Waals surface area (Å²) >= 11 is 0. The zero-order valence-corrected chi connectivity index (χ0v) is 13.5. The SMILES string of the molecule is CCn1ccnc(NC2CCN(Cc3ccncc3)CC2)c1=O. The van der Waals surface area contributed by atoms with Crippen LogP contribution >= 0.6 is 0 Å².